The van der Waals surface area contributed by atoms with Gasteiger partial charge in [0.05, 0.1) is 0 Å². The van der Waals surface area contributed by atoms with Crippen LogP contribution in [0.4, 0.5) is 0 Å². The maximum Gasteiger partial charge on any atom is 0.0127 e. The first-order valence-corrected chi connectivity index (χ1v) is 19.6. The van der Waals surface area contributed by atoms with Crippen molar-refractivity contribution in [3.63, 3.8) is 0 Å². The van der Waals surface area contributed by atoms with Crippen LogP contribution >= 0.6 is 0 Å². The molecule has 0 radical (unpaired) electrons. The third-order valence-corrected chi connectivity index (χ3v) is 14.8. The molecule has 0 bridgehead atoms. The summed E-state index contributed by atoms with van der Waals surface area (Å²) in [6.45, 7) is 48.1. The Kier molecular flexibility index (Phi) is 8.11. The van der Waals surface area contributed by atoms with Crippen LogP contribution in [0.25, 0.3) is 11.1 Å². The maximum absolute atomic E-state index is 4.82. The summed E-state index contributed by atoms with van der Waals surface area (Å²) in [4.78, 5) is 0. The number of benzene rings is 1. The second-order valence-corrected chi connectivity index (χ2v) is 17.8. The Hall–Kier alpha value is -3.38. The summed E-state index contributed by atoms with van der Waals surface area (Å²) in [5.41, 5.74) is 36.2. The first kappa shape index (κ1) is 35.0. The Morgan fingerprint density at radius 1 is 0.480 bits per heavy atom. The molecular formula is C50H62. The number of allylic oxidation sites excluding steroid dienone is 18. The highest BCUT2D eigenvalue weighted by molar-refractivity contribution is 5.91. The van der Waals surface area contributed by atoms with Gasteiger partial charge in [-0.05, 0) is 216 Å². The van der Waals surface area contributed by atoms with Gasteiger partial charge >= 0.3 is 0 Å². The predicted molar refractivity (Wildman–Crippen MR) is 218 cm³/mol. The van der Waals surface area contributed by atoms with E-state index in [0.29, 0.717) is 35.5 Å². The molecule has 0 fully saturated rings. The van der Waals surface area contributed by atoms with E-state index in [1.807, 2.05) is 0 Å². The molecule has 7 rings (SSSR count). The topological polar surface area (TPSA) is 0 Å². The third kappa shape index (κ3) is 4.29. The van der Waals surface area contributed by atoms with E-state index in [2.05, 4.69) is 111 Å². The zero-order valence-corrected chi connectivity index (χ0v) is 34.3. The number of rotatable bonds is 5. The fraction of sp³-hybridized carbons (Fsp3) is 0.480. The van der Waals surface area contributed by atoms with Crippen molar-refractivity contribution in [1.82, 2.24) is 0 Å². The largest absolute Gasteiger partial charge is 0.0946 e. The number of fused-ring (bicyclic) bond motifs is 3. The summed E-state index contributed by atoms with van der Waals surface area (Å²) >= 11 is 0. The highest BCUT2D eigenvalue weighted by Crippen LogP contribution is 2.62. The summed E-state index contributed by atoms with van der Waals surface area (Å²) in [6, 6.07) is 0. The number of hydrogen-bond donors (Lipinski definition) is 0. The van der Waals surface area contributed by atoms with Crippen LogP contribution in [0, 0.1) is 37.5 Å². The van der Waals surface area contributed by atoms with Crippen molar-refractivity contribution in [3.05, 3.63) is 136 Å². The molecule has 4 atom stereocenters. The lowest BCUT2D eigenvalue weighted by molar-refractivity contribution is 0.555. The lowest BCUT2D eigenvalue weighted by Crippen LogP contribution is -2.14. The van der Waals surface area contributed by atoms with Crippen LogP contribution in [-0.4, -0.2) is 0 Å². The monoisotopic (exact) mass is 662 g/mol. The summed E-state index contributed by atoms with van der Waals surface area (Å²) in [6.07, 6.45) is 2.07. The van der Waals surface area contributed by atoms with Gasteiger partial charge < -0.3 is 0 Å². The molecule has 0 heterocycles. The maximum atomic E-state index is 4.82. The van der Waals surface area contributed by atoms with Gasteiger partial charge in [0.1, 0.15) is 0 Å². The fourth-order valence-electron chi connectivity index (χ4n) is 11.7. The van der Waals surface area contributed by atoms with E-state index in [1.54, 1.807) is 39.0 Å². The van der Waals surface area contributed by atoms with Gasteiger partial charge in [-0.15, -0.1) is 0 Å². The molecule has 0 aromatic heterocycles. The Morgan fingerprint density at radius 3 is 1.32 bits per heavy atom. The molecule has 0 nitrogen and oxygen atoms in total. The molecule has 6 aliphatic carbocycles. The molecule has 262 valence electrons. The van der Waals surface area contributed by atoms with Gasteiger partial charge in [-0.2, -0.15) is 0 Å². The summed E-state index contributed by atoms with van der Waals surface area (Å²) in [7, 11) is 0. The molecule has 0 N–H and O–H groups in total. The quantitative estimate of drug-likeness (QED) is 0.294. The van der Waals surface area contributed by atoms with E-state index in [-0.39, 0.29) is 0 Å². The molecule has 0 saturated carbocycles. The van der Waals surface area contributed by atoms with Crippen molar-refractivity contribution in [2.45, 2.75) is 135 Å². The van der Waals surface area contributed by atoms with Crippen molar-refractivity contribution in [2.75, 3.05) is 0 Å². The third-order valence-electron chi connectivity index (χ3n) is 14.8. The van der Waals surface area contributed by atoms with Crippen molar-refractivity contribution in [3.8, 4) is 0 Å². The van der Waals surface area contributed by atoms with E-state index < -0.39 is 0 Å². The zero-order valence-electron chi connectivity index (χ0n) is 34.3. The van der Waals surface area contributed by atoms with E-state index in [1.165, 1.54) is 94.7 Å². The minimum atomic E-state index is 0.295. The van der Waals surface area contributed by atoms with Crippen LogP contribution in [-0.2, 0) is 0 Å². The molecule has 0 spiro atoms. The molecule has 50 heavy (non-hydrogen) atoms. The SMILES string of the molecule is C=C1C2=C(C3=C(C)C(C)=C(C4=C(C)c5c(C)c6c(c(C)c5C4C(C)C)C(C)=C(C)C6C(C)C)C3)C(C)C(=C)C2=C(C2=C(C)C(C)=C(C)C2)C1C. The molecule has 0 amide bonds. The first-order valence-electron chi connectivity index (χ1n) is 19.6. The minimum absolute atomic E-state index is 0.295. The van der Waals surface area contributed by atoms with Crippen LogP contribution in [0.3, 0.4) is 0 Å². The van der Waals surface area contributed by atoms with Gasteiger partial charge in [-0.3, -0.25) is 0 Å². The predicted octanol–water partition coefficient (Wildman–Crippen LogP) is 14.5. The van der Waals surface area contributed by atoms with Gasteiger partial charge in [0, 0.05) is 23.7 Å². The van der Waals surface area contributed by atoms with Crippen LogP contribution in [0.5, 0.6) is 0 Å². The molecule has 0 saturated heterocycles. The molecule has 0 heteroatoms. The summed E-state index contributed by atoms with van der Waals surface area (Å²) in [5, 5.41) is 0. The highest BCUT2D eigenvalue weighted by Gasteiger charge is 2.46. The Morgan fingerprint density at radius 2 is 0.880 bits per heavy atom. The van der Waals surface area contributed by atoms with Crippen LogP contribution < -0.4 is 0 Å². The molecule has 0 aliphatic heterocycles. The number of hydrogen-bond acceptors (Lipinski definition) is 0. The lowest BCUT2D eigenvalue weighted by Gasteiger charge is -2.28. The van der Waals surface area contributed by atoms with Gasteiger partial charge in [-0.1, -0.05) is 65.8 Å². The van der Waals surface area contributed by atoms with Crippen LogP contribution in [0.15, 0.2) is 102 Å². The Bertz CT molecular complexity index is 2130. The van der Waals surface area contributed by atoms with Crippen molar-refractivity contribution >= 4 is 11.1 Å². The lowest BCUT2D eigenvalue weighted by atomic mass is 9.76. The van der Waals surface area contributed by atoms with Crippen LogP contribution in [0.1, 0.15) is 155 Å². The molecule has 6 aliphatic rings. The Labute approximate surface area is 305 Å². The summed E-state index contributed by atoms with van der Waals surface area (Å²) in [5.74, 6) is 2.64. The van der Waals surface area contributed by atoms with Gasteiger partial charge in [0.25, 0.3) is 0 Å². The van der Waals surface area contributed by atoms with Gasteiger partial charge in [0.15, 0.2) is 0 Å². The standard InChI is InChI=1S/C50H62/c1-21(2)40-28(10)29(11)42-35(17)50-41(22(3)4)46(34(16)43(50)36(18)49(40)42)39-20-38(26(8)27(39)9)45-31(13)33(15)47-44(30(12)32(14)48(45)47)37-19-23(5)24(6)25(37)7/h21-22,30-31,40-41H,14-15,19-20H2,1-13,16-18H3. The van der Waals surface area contributed by atoms with Crippen molar-refractivity contribution < 1.29 is 0 Å². The molecule has 1 aromatic rings. The molecule has 1 aromatic carbocycles. The van der Waals surface area contributed by atoms with E-state index >= 15 is 0 Å². The Balaban J connectivity index is 1.37. The van der Waals surface area contributed by atoms with Crippen LogP contribution in [0.2, 0.25) is 0 Å². The van der Waals surface area contributed by atoms with E-state index in [9.17, 15) is 0 Å². The minimum Gasteiger partial charge on any atom is -0.0946 e. The second kappa shape index (κ2) is 11.6. The average Bonchev–Trinajstić information content (AvgIpc) is 3.81. The zero-order chi connectivity index (χ0) is 36.7. The fourth-order valence-corrected chi connectivity index (χ4v) is 11.7. The summed E-state index contributed by atoms with van der Waals surface area (Å²) < 4.78 is 0. The van der Waals surface area contributed by atoms with E-state index in [4.69, 9.17) is 13.2 Å². The highest BCUT2D eigenvalue weighted by atomic mass is 14.5. The second-order valence-electron chi connectivity index (χ2n) is 17.8. The van der Waals surface area contributed by atoms with Gasteiger partial charge in [-0.25, -0.2) is 0 Å². The van der Waals surface area contributed by atoms with Gasteiger partial charge in [0.2, 0.25) is 0 Å². The normalized spacial score (nSPS) is 26.8. The van der Waals surface area contributed by atoms with Crippen molar-refractivity contribution in [1.29, 1.82) is 0 Å². The molecule has 4 unspecified atom stereocenters. The molecular weight excluding hydrogens is 601 g/mol. The average molecular weight is 663 g/mol. The van der Waals surface area contributed by atoms with E-state index in [0.717, 1.165) is 12.8 Å². The van der Waals surface area contributed by atoms with Crippen molar-refractivity contribution in [2.24, 2.45) is 23.7 Å². The smallest absolute Gasteiger partial charge is 0.0127 e. The first-order chi connectivity index (χ1) is 23.4.